The lowest BCUT2D eigenvalue weighted by molar-refractivity contribution is 0.949. The highest BCUT2D eigenvalue weighted by atomic mass is 31.1. The highest BCUT2D eigenvalue weighted by Gasteiger charge is 2.15. The monoisotopic (exact) mass is 328 g/mol. The topological polar surface area (TPSA) is 0 Å². The quantitative estimate of drug-likeness (QED) is 0.667. The second-order valence-electron chi connectivity index (χ2n) is 6.06. The van der Waals surface area contributed by atoms with Gasteiger partial charge in [-0.15, -0.1) is 0 Å². The van der Waals surface area contributed by atoms with Crippen molar-refractivity contribution in [2.24, 2.45) is 0 Å². The van der Waals surface area contributed by atoms with E-state index in [9.17, 15) is 0 Å². The molecule has 2 heteroatoms. The number of hydrogen-bond donors (Lipinski definition) is 0. The Bertz CT molecular complexity index is 475. The van der Waals surface area contributed by atoms with Gasteiger partial charge in [0.05, 0.1) is 0 Å². The van der Waals surface area contributed by atoms with Crippen LogP contribution in [0.3, 0.4) is 0 Å². The van der Waals surface area contributed by atoms with E-state index in [0.29, 0.717) is 0 Å². The summed E-state index contributed by atoms with van der Waals surface area (Å²) in [5.74, 6) is 0. The van der Waals surface area contributed by atoms with Crippen LogP contribution in [0.1, 0.15) is 25.7 Å². The van der Waals surface area contributed by atoms with E-state index in [2.05, 4.69) is 60.7 Å². The van der Waals surface area contributed by atoms with Crippen LogP contribution < -0.4 is 10.6 Å². The minimum absolute atomic E-state index is 0.260. The van der Waals surface area contributed by atoms with Gasteiger partial charge in [-0.2, -0.15) is 0 Å². The fourth-order valence-electron chi connectivity index (χ4n) is 3.23. The molecule has 0 atom stereocenters. The number of benzene rings is 2. The molecule has 0 spiro atoms. The summed E-state index contributed by atoms with van der Waals surface area (Å²) in [5.41, 5.74) is 0. The zero-order chi connectivity index (χ0) is 15.0. The van der Waals surface area contributed by atoms with Crippen molar-refractivity contribution in [2.45, 2.75) is 25.7 Å². The van der Waals surface area contributed by atoms with Crippen LogP contribution in [0.5, 0.6) is 0 Å². The predicted octanol–water partition coefficient (Wildman–Crippen LogP) is 5.18. The van der Waals surface area contributed by atoms with Gasteiger partial charge in [0.1, 0.15) is 0 Å². The van der Waals surface area contributed by atoms with Crippen molar-refractivity contribution in [1.82, 2.24) is 0 Å². The highest BCUT2D eigenvalue weighted by Crippen LogP contribution is 2.42. The lowest BCUT2D eigenvalue weighted by Gasteiger charge is -2.08. The average molecular weight is 328 g/mol. The summed E-state index contributed by atoms with van der Waals surface area (Å²) in [4.78, 5) is 0. The molecule has 2 aliphatic rings. The molecule has 116 valence electrons. The summed E-state index contributed by atoms with van der Waals surface area (Å²) in [6, 6.07) is 22.0. The highest BCUT2D eigenvalue weighted by molar-refractivity contribution is 7.66. The summed E-state index contributed by atoms with van der Waals surface area (Å²) in [6.07, 6.45) is 11.7. The third-order valence-electron chi connectivity index (χ3n) is 4.45. The van der Waals surface area contributed by atoms with Crippen molar-refractivity contribution in [3.63, 3.8) is 0 Å². The van der Waals surface area contributed by atoms with E-state index in [4.69, 9.17) is 0 Å². The van der Waals surface area contributed by atoms with Crippen molar-refractivity contribution in [3.05, 3.63) is 60.7 Å². The molecule has 2 fully saturated rings. The zero-order valence-electron chi connectivity index (χ0n) is 13.3. The first-order valence-corrected chi connectivity index (χ1v) is 12.0. The fourth-order valence-corrected chi connectivity index (χ4v) is 8.32. The maximum atomic E-state index is 2.29. The van der Waals surface area contributed by atoms with E-state index >= 15 is 0 Å². The van der Waals surface area contributed by atoms with Gasteiger partial charge in [0.15, 0.2) is 0 Å². The molecule has 0 amide bonds. The van der Waals surface area contributed by atoms with Crippen molar-refractivity contribution >= 4 is 26.5 Å². The molecular weight excluding hydrogens is 302 g/mol. The van der Waals surface area contributed by atoms with Crippen LogP contribution >= 0.6 is 15.8 Å². The van der Waals surface area contributed by atoms with Gasteiger partial charge < -0.3 is 0 Å². The minimum atomic E-state index is 0.260. The Kier molecular flexibility index (Phi) is 6.47. The van der Waals surface area contributed by atoms with E-state index in [1.54, 1.807) is 10.6 Å². The molecule has 2 aromatic carbocycles. The fraction of sp³-hybridized carbons (Fsp3) is 0.400. The van der Waals surface area contributed by atoms with E-state index in [1.165, 1.54) is 50.3 Å². The lowest BCUT2D eigenvalue weighted by Crippen LogP contribution is -1.99. The molecule has 0 unspecified atom stereocenters. The first kappa shape index (κ1) is 16.2. The number of hydrogen-bond acceptors (Lipinski definition) is 0. The van der Waals surface area contributed by atoms with Gasteiger partial charge in [-0.05, 0) is 60.9 Å². The Morgan fingerprint density at radius 1 is 0.455 bits per heavy atom. The first-order valence-electron chi connectivity index (χ1n) is 8.53. The van der Waals surface area contributed by atoms with E-state index in [-0.39, 0.29) is 15.8 Å². The molecule has 0 radical (unpaired) electrons. The summed E-state index contributed by atoms with van der Waals surface area (Å²) in [5, 5.41) is 3.22. The van der Waals surface area contributed by atoms with Crippen LogP contribution in [-0.4, -0.2) is 24.6 Å². The summed E-state index contributed by atoms with van der Waals surface area (Å²) in [6.45, 7) is 0. The van der Waals surface area contributed by atoms with Gasteiger partial charge >= 0.3 is 0 Å². The van der Waals surface area contributed by atoms with Crippen molar-refractivity contribution < 1.29 is 0 Å². The van der Waals surface area contributed by atoms with Gasteiger partial charge in [0.25, 0.3) is 0 Å². The normalized spacial score (nSPS) is 18.9. The maximum Gasteiger partial charge on any atom is -0.0240 e. The second kappa shape index (κ2) is 8.81. The molecule has 0 N–H and O–H groups in total. The van der Waals surface area contributed by atoms with Crippen LogP contribution in [0, 0.1) is 0 Å². The Balaban J connectivity index is 0.000000131. The van der Waals surface area contributed by atoms with Crippen molar-refractivity contribution in [2.75, 3.05) is 24.6 Å². The Labute approximate surface area is 137 Å². The summed E-state index contributed by atoms with van der Waals surface area (Å²) >= 11 is 0. The molecule has 2 aromatic rings. The van der Waals surface area contributed by atoms with Crippen LogP contribution in [0.4, 0.5) is 0 Å². The summed E-state index contributed by atoms with van der Waals surface area (Å²) in [7, 11) is 0.520. The molecule has 4 rings (SSSR count). The molecule has 0 nitrogen and oxygen atoms in total. The maximum absolute atomic E-state index is 2.29. The largest absolute Gasteiger partial charge is 0.0753 e. The van der Waals surface area contributed by atoms with Crippen molar-refractivity contribution in [3.8, 4) is 0 Å². The Morgan fingerprint density at radius 3 is 1.09 bits per heavy atom. The summed E-state index contributed by atoms with van der Waals surface area (Å²) < 4.78 is 0. The van der Waals surface area contributed by atoms with Crippen LogP contribution in [0.2, 0.25) is 0 Å². The molecule has 0 aliphatic carbocycles. The van der Waals surface area contributed by atoms with E-state index < -0.39 is 0 Å². The number of rotatable bonds is 2. The van der Waals surface area contributed by atoms with Crippen molar-refractivity contribution in [1.29, 1.82) is 0 Å². The van der Waals surface area contributed by atoms with E-state index in [0.717, 1.165) is 0 Å². The molecular formula is C20H26P2. The Morgan fingerprint density at radius 2 is 0.773 bits per heavy atom. The molecule has 22 heavy (non-hydrogen) atoms. The van der Waals surface area contributed by atoms with Gasteiger partial charge in [-0.3, -0.25) is 0 Å². The smallest absolute Gasteiger partial charge is 0.0240 e. The van der Waals surface area contributed by atoms with Crippen LogP contribution in [0.25, 0.3) is 0 Å². The molecule has 0 aromatic heterocycles. The standard InChI is InChI=1S/2C10H13P/c2*1-2-6-10(7-3-1)11-8-4-5-9-11/h2*1-3,6-7H,4-5,8-9H2. The van der Waals surface area contributed by atoms with Gasteiger partial charge in [-0.1, -0.05) is 76.5 Å². The van der Waals surface area contributed by atoms with Crippen LogP contribution in [0.15, 0.2) is 60.7 Å². The molecule has 2 heterocycles. The predicted molar refractivity (Wildman–Crippen MR) is 104 cm³/mol. The molecule has 2 saturated heterocycles. The SMILES string of the molecule is c1ccc(P2CCCC2)cc1.c1ccc(P2CCCC2)cc1. The second-order valence-corrected chi connectivity index (χ2v) is 11.0. The zero-order valence-corrected chi connectivity index (χ0v) is 15.1. The Hall–Kier alpha value is -0.700. The van der Waals surface area contributed by atoms with Gasteiger partial charge in [0.2, 0.25) is 0 Å². The van der Waals surface area contributed by atoms with Gasteiger partial charge in [-0.25, -0.2) is 0 Å². The third kappa shape index (κ3) is 4.65. The molecule has 2 aliphatic heterocycles. The van der Waals surface area contributed by atoms with Gasteiger partial charge in [0, 0.05) is 0 Å². The molecule has 0 bridgehead atoms. The average Bonchev–Trinajstić information content (AvgIpc) is 3.31. The molecule has 0 saturated carbocycles. The van der Waals surface area contributed by atoms with Crippen LogP contribution in [-0.2, 0) is 0 Å². The lowest BCUT2D eigenvalue weighted by atomic mass is 10.4. The third-order valence-corrected chi connectivity index (χ3v) is 9.94. The van der Waals surface area contributed by atoms with E-state index in [1.807, 2.05) is 0 Å². The first-order chi connectivity index (χ1) is 10.9. The minimum Gasteiger partial charge on any atom is -0.0753 e.